The third kappa shape index (κ3) is 4.08. The third-order valence-corrected chi connectivity index (χ3v) is 6.55. The lowest BCUT2D eigenvalue weighted by atomic mass is 10.1. The van der Waals surface area contributed by atoms with Crippen LogP contribution in [0.2, 0.25) is 5.02 Å². The number of imidazole rings is 1. The fraction of sp³-hybridized carbons (Fsp3) is 0.412. The molecule has 0 unspecified atom stereocenters. The van der Waals surface area contributed by atoms with E-state index in [1.165, 1.54) is 16.8 Å². The van der Waals surface area contributed by atoms with Crippen molar-refractivity contribution in [3.63, 3.8) is 0 Å². The molecular formula is C17H21ClN4O3S. The Morgan fingerprint density at radius 3 is 2.65 bits per heavy atom. The molecule has 1 amide bonds. The number of amides is 1. The van der Waals surface area contributed by atoms with Gasteiger partial charge in [0.25, 0.3) is 10.0 Å². The van der Waals surface area contributed by atoms with Crippen molar-refractivity contribution in [2.24, 2.45) is 7.05 Å². The molecule has 0 bridgehead atoms. The Morgan fingerprint density at radius 1 is 1.19 bits per heavy atom. The van der Waals surface area contributed by atoms with Crippen molar-refractivity contribution >= 4 is 27.5 Å². The number of aromatic nitrogens is 2. The summed E-state index contributed by atoms with van der Waals surface area (Å²) < 4.78 is 28.4. The highest BCUT2D eigenvalue weighted by Crippen LogP contribution is 2.18. The van der Waals surface area contributed by atoms with Crippen LogP contribution in [0, 0.1) is 0 Å². The Hall–Kier alpha value is -1.90. The standard InChI is InChI=1S/C17H21ClN4O3S/c1-20-12-16(19-13-20)26(24,25)22-8-4-7-21(9-10-22)17(23)11-14-5-2-3-6-15(14)18/h2-3,5-6,12-13H,4,7-11H2,1H3. The first-order valence-electron chi connectivity index (χ1n) is 8.37. The maximum absolute atomic E-state index is 12.7. The van der Waals surface area contributed by atoms with Crippen LogP contribution in [0.1, 0.15) is 12.0 Å². The van der Waals surface area contributed by atoms with Crippen molar-refractivity contribution in [1.82, 2.24) is 18.8 Å². The summed E-state index contributed by atoms with van der Waals surface area (Å²) in [6.45, 7) is 1.51. The van der Waals surface area contributed by atoms with E-state index in [1.54, 1.807) is 22.6 Å². The second-order valence-electron chi connectivity index (χ2n) is 6.28. The number of hydrogen-bond acceptors (Lipinski definition) is 4. The summed E-state index contributed by atoms with van der Waals surface area (Å²) in [6, 6.07) is 7.25. The van der Waals surface area contributed by atoms with Gasteiger partial charge in [-0.05, 0) is 18.1 Å². The van der Waals surface area contributed by atoms with Gasteiger partial charge in [-0.25, -0.2) is 13.4 Å². The number of rotatable bonds is 4. The minimum absolute atomic E-state index is 0.0378. The SMILES string of the molecule is Cn1cnc(S(=O)(=O)N2CCCN(C(=O)Cc3ccccc3Cl)CC2)c1. The van der Waals surface area contributed by atoms with Gasteiger partial charge in [-0.15, -0.1) is 0 Å². The van der Waals surface area contributed by atoms with Gasteiger partial charge in [-0.3, -0.25) is 4.79 Å². The highest BCUT2D eigenvalue weighted by Gasteiger charge is 2.29. The molecule has 1 aromatic heterocycles. The molecule has 9 heteroatoms. The lowest BCUT2D eigenvalue weighted by molar-refractivity contribution is -0.130. The Kier molecular flexibility index (Phi) is 5.64. The third-order valence-electron chi connectivity index (χ3n) is 4.39. The smallest absolute Gasteiger partial charge is 0.262 e. The zero-order chi connectivity index (χ0) is 18.7. The van der Waals surface area contributed by atoms with Crippen LogP contribution >= 0.6 is 11.6 Å². The number of aryl methyl sites for hydroxylation is 1. The maximum Gasteiger partial charge on any atom is 0.262 e. The first-order valence-corrected chi connectivity index (χ1v) is 10.2. The molecule has 1 aliphatic rings. The van der Waals surface area contributed by atoms with Crippen LogP contribution in [0.4, 0.5) is 0 Å². The van der Waals surface area contributed by atoms with Crippen LogP contribution in [0.15, 0.2) is 41.8 Å². The fourth-order valence-electron chi connectivity index (χ4n) is 2.95. The van der Waals surface area contributed by atoms with Crippen molar-refractivity contribution in [2.75, 3.05) is 26.2 Å². The number of sulfonamides is 1. The average Bonchev–Trinajstić information content (AvgIpc) is 2.90. The van der Waals surface area contributed by atoms with E-state index in [9.17, 15) is 13.2 Å². The number of halogens is 1. The van der Waals surface area contributed by atoms with E-state index in [0.29, 0.717) is 31.1 Å². The molecule has 0 radical (unpaired) electrons. The molecule has 2 heterocycles. The van der Waals surface area contributed by atoms with Gasteiger partial charge in [-0.2, -0.15) is 4.31 Å². The molecule has 1 aromatic carbocycles. The summed E-state index contributed by atoms with van der Waals surface area (Å²) in [7, 11) is -1.91. The maximum atomic E-state index is 12.7. The van der Waals surface area contributed by atoms with Crippen LogP contribution in [-0.4, -0.2) is 59.3 Å². The molecule has 0 N–H and O–H groups in total. The van der Waals surface area contributed by atoms with Gasteiger partial charge >= 0.3 is 0 Å². The average molecular weight is 397 g/mol. The van der Waals surface area contributed by atoms with Crippen LogP contribution in [0.3, 0.4) is 0 Å². The van der Waals surface area contributed by atoms with Crippen molar-refractivity contribution in [3.05, 3.63) is 47.4 Å². The summed E-state index contributed by atoms with van der Waals surface area (Å²) in [5, 5.41) is 0.603. The van der Waals surface area contributed by atoms with Gasteiger partial charge < -0.3 is 9.47 Å². The Bertz CT molecular complexity index is 897. The van der Waals surface area contributed by atoms with Gasteiger partial charge in [0.1, 0.15) is 0 Å². The number of carbonyl (C=O) groups is 1. The van der Waals surface area contributed by atoms with E-state index < -0.39 is 10.0 Å². The molecule has 0 atom stereocenters. The van der Waals surface area contributed by atoms with Gasteiger partial charge in [0.15, 0.2) is 5.03 Å². The zero-order valence-corrected chi connectivity index (χ0v) is 16.1. The van der Waals surface area contributed by atoms with E-state index >= 15 is 0 Å². The molecule has 140 valence electrons. The normalized spacial score (nSPS) is 16.5. The Morgan fingerprint density at radius 2 is 1.96 bits per heavy atom. The predicted molar refractivity (Wildman–Crippen MR) is 98.3 cm³/mol. The number of benzene rings is 1. The molecule has 2 aromatic rings. The lowest BCUT2D eigenvalue weighted by Crippen LogP contribution is -2.38. The molecule has 3 rings (SSSR count). The Labute approximate surface area is 158 Å². The van der Waals surface area contributed by atoms with Crippen molar-refractivity contribution in [3.8, 4) is 0 Å². The largest absolute Gasteiger partial charge is 0.341 e. The van der Waals surface area contributed by atoms with Crippen LogP contribution < -0.4 is 0 Å². The second kappa shape index (κ2) is 7.77. The van der Waals surface area contributed by atoms with E-state index in [1.807, 2.05) is 18.2 Å². The number of carbonyl (C=O) groups excluding carboxylic acids is 1. The van der Waals surface area contributed by atoms with Gasteiger partial charge in [0, 0.05) is 44.4 Å². The molecule has 1 saturated heterocycles. The summed E-state index contributed by atoms with van der Waals surface area (Å²) in [4.78, 5) is 18.2. The molecule has 1 fully saturated rings. The van der Waals surface area contributed by atoms with E-state index in [4.69, 9.17) is 11.6 Å². The number of hydrogen-bond donors (Lipinski definition) is 0. The van der Waals surface area contributed by atoms with Crippen LogP contribution in [-0.2, 0) is 28.3 Å². The number of nitrogens with zero attached hydrogens (tertiary/aromatic N) is 4. The minimum Gasteiger partial charge on any atom is -0.341 e. The topological polar surface area (TPSA) is 75.5 Å². The lowest BCUT2D eigenvalue weighted by Gasteiger charge is -2.21. The van der Waals surface area contributed by atoms with E-state index in [2.05, 4.69) is 4.98 Å². The van der Waals surface area contributed by atoms with Crippen LogP contribution in [0.5, 0.6) is 0 Å². The minimum atomic E-state index is -3.64. The molecule has 26 heavy (non-hydrogen) atoms. The Balaban J connectivity index is 1.66. The first-order chi connectivity index (χ1) is 12.4. The fourth-order valence-corrected chi connectivity index (χ4v) is 4.59. The molecular weight excluding hydrogens is 376 g/mol. The molecule has 0 aliphatic carbocycles. The molecule has 0 saturated carbocycles. The summed E-state index contributed by atoms with van der Waals surface area (Å²) in [5.74, 6) is -0.0461. The monoisotopic (exact) mass is 396 g/mol. The summed E-state index contributed by atoms with van der Waals surface area (Å²) in [5.41, 5.74) is 0.779. The first kappa shape index (κ1) is 18.9. The van der Waals surface area contributed by atoms with Crippen molar-refractivity contribution < 1.29 is 13.2 Å². The van der Waals surface area contributed by atoms with E-state index in [-0.39, 0.29) is 23.9 Å². The van der Waals surface area contributed by atoms with Crippen LogP contribution in [0.25, 0.3) is 0 Å². The second-order valence-corrected chi connectivity index (χ2v) is 8.58. The molecule has 0 spiro atoms. The van der Waals surface area contributed by atoms with Gasteiger partial charge in [0.2, 0.25) is 5.91 Å². The predicted octanol–water partition coefficient (Wildman–Crippen LogP) is 1.54. The highest BCUT2D eigenvalue weighted by atomic mass is 35.5. The quantitative estimate of drug-likeness (QED) is 0.785. The van der Waals surface area contributed by atoms with E-state index in [0.717, 1.165) is 5.56 Å². The summed E-state index contributed by atoms with van der Waals surface area (Å²) >= 11 is 6.13. The van der Waals surface area contributed by atoms with Crippen molar-refractivity contribution in [1.29, 1.82) is 0 Å². The zero-order valence-electron chi connectivity index (χ0n) is 14.5. The molecule has 1 aliphatic heterocycles. The highest BCUT2D eigenvalue weighted by molar-refractivity contribution is 7.89. The van der Waals surface area contributed by atoms with Gasteiger partial charge in [-0.1, -0.05) is 29.8 Å². The summed E-state index contributed by atoms with van der Waals surface area (Å²) in [6.07, 6.45) is 3.75. The molecule has 7 nitrogen and oxygen atoms in total. The van der Waals surface area contributed by atoms with Crippen molar-refractivity contribution in [2.45, 2.75) is 17.9 Å². The van der Waals surface area contributed by atoms with Gasteiger partial charge in [0.05, 0.1) is 12.7 Å².